The SMILES string of the molecule is CO[C@@H]1[C@H](O)[C@@H](COP(=O)(O)O)O[C@H]1n1c(C)nc2c(=O)[nH]c(N)nc21. The Morgan fingerprint density at radius 1 is 1.42 bits per heavy atom. The Bertz CT molecular complexity index is 922. The normalized spacial score (nSPS) is 26.7. The second-order valence-electron chi connectivity index (χ2n) is 5.69. The van der Waals surface area contributed by atoms with E-state index in [1.54, 1.807) is 6.92 Å². The summed E-state index contributed by atoms with van der Waals surface area (Å²) in [5.41, 5.74) is 5.20. The summed E-state index contributed by atoms with van der Waals surface area (Å²) in [5, 5.41) is 10.4. The molecule has 2 aromatic rings. The number of aromatic nitrogens is 4. The second kappa shape index (κ2) is 6.70. The molecule has 4 atom stereocenters. The zero-order chi connectivity index (χ0) is 19.2. The van der Waals surface area contributed by atoms with Crippen LogP contribution in [0.4, 0.5) is 5.95 Å². The zero-order valence-electron chi connectivity index (χ0n) is 13.8. The van der Waals surface area contributed by atoms with E-state index in [1.165, 1.54) is 11.7 Å². The van der Waals surface area contributed by atoms with E-state index in [0.29, 0.717) is 5.82 Å². The third-order valence-electron chi connectivity index (χ3n) is 3.99. The van der Waals surface area contributed by atoms with Gasteiger partial charge in [0.1, 0.15) is 24.1 Å². The highest BCUT2D eigenvalue weighted by molar-refractivity contribution is 7.46. The highest BCUT2D eigenvalue weighted by Crippen LogP contribution is 2.39. The van der Waals surface area contributed by atoms with E-state index in [4.69, 9.17) is 25.0 Å². The first-order valence-electron chi connectivity index (χ1n) is 7.43. The Hall–Kier alpha value is -1.86. The summed E-state index contributed by atoms with van der Waals surface area (Å²) in [6.45, 7) is 1.03. The van der Waals surface area contributed by atoms with Gasteiger partial charge in [-0.3, -0.25) is 18.9 Å². The molecule has 144 valence electrons. The number of aromatic amines is 1. The van der Waals surface area contributed by atoms with Gasteiger partial charge in [-0.15, -0.1) is 0 Å². The molecule has 2 aromatic heterocycles. The highest BCUT2D eigenvalue weighted by atomic mass is 31.2. The largest absolute Gasteiger partial charge is 0.469 e. The van der Waals surface area contributed by atoms with E-state index < -0.39 is 44.5 Å². The van der Waals surface area contributed by atoms with E-state index in [-0.39, 0.29) is 17.1 Å². The molecule has 3 rings (SSSR count). The first-order chi connectivity index (χ1) is 12.1. The van der Waals surface area contributed by atoms with Gasteiger partial charge in [-0.2, -0.15) is 4.98 Å². The number of anilines is 1. The number of methoxy groups -OCH3 is 1. The van der Waals surface area contributed by atoms with Crippen LogP contribution >= 0.6 is 7.82 Å². The van der Waals surface area contributed by atoms with Gasteiger partial charge >= 0.3 is 7.82 Å². The first-order valence-corrected chi connectivity index (χ1v) is 8.96. The summed E-state index contributed by atoms with van der Waals surface area (Å²) in [6, 6.07) is 0. The lowest BCUT2D eigenvalue weighted by molar-refractivity contribution is -0.0587. The third kappa shape index (κ3) is 3.38. The Morgan fingerprint density at radius 3 is 2.73 bits per heavy atom. The van der Waals surface area contributed by atoms with Crippen LogP contribution in [0.5, 0.6) is 0 Å². The molecule has 0 saturated carbocycles. The van der Waals surface area contributed by atoms with Gasteiger partial charge in [-0.25, -0.2) is 9.55 Å². The molecule has 0 aromatic carbocycles. The van der Waals surface area contributed by atoms with Crippen LogP contribution in [0.3, 0.4) is 0 Å². The molecule has 0 amide bonds. The first kappa shape index (κ1) is 18.9. The molecule has 0 unspecified atom stereocenters. The number of phosphoric acid groups is 1. The summed E-state index contributed by atoms with van der Waals surface area (Å²) in [5.74, 6) is 0.219. The topological polar surface area (TPSA) is 195 Å². The summed E-state index contributed by atoms with van der Waals surface area (Å²) < 4.78 is 27.7. The molecule has 1 aliphatic rings. The number of nitrogens with zero attached hydrogens (tertiary/aromatic N) is 3. The van der Waals surface area contributed by atoms with Crippen LogP contribution in [0.15, 0.2) is 4.79 Å². The molecule has 1 fully saturated rings. The minimum absolute atomic E-state index is 0.0274. The predicted octanol–water partition coefficient (Wildman–Crippen LogP) is -1.61. The predicted molar refractivity (Wildman–Crippen MR) is 86.0 cm³/mol. The number of H-pyrrole nitrogens is 1. The van der Waals surface area contributed by atoms with Gasteiger partial charge in [0, 0.05) is 7.11 Å². The number of hydrogen-bond donors (Lipinski definition) is 5. The van der Waals surface area contributed by atoms with Crippen LogP contribution in [0.2, 0.25) is 0 Å². The van der Waals surface area contributed by atoms with Gasteiger partial charge in [-0.05, 0) is 6.92 Å². The monoisotopic (exact) mass is 391 g/mol. The number of imidazole rings is 1. The fourth-order valence-corrected chi connectivity index (χ4v) is 3.24. The van der Waals surface area contributed by atoms with Crippen molar-refractivity contribution in [2.24, 2.45) is 0 Å². The van der Waals surface area contributed by atoms with E-state index in [1.807, 2.05) is 0 Å². The average Bonchev–Trinajstić information content (AvgIpc) is 3.01. The van der Waals surface area contributed by atoms with E-state index >= 15 is 0 Å². The Kier molecular flexibility index (Phi) is 4.88. The number of aliphatic hydroxyl groups is 1. The lowest BCUT2D eigenvalue weighted by atomic mass is 10.1. The highest BCUT2D eigenvalue weighted by Gasteiger charge is 2.47. The molecule has 1 aliphatic heterocycles. The Labute approximate surface area is 146 Å². The molecule has 14 heteroatoms. The molecule has 1 saturated heterocycles. The van der Waals surface area contributed by atoms with Gasteiger partial charge < -0.3 is 30.1 Å². The number of ether oxygens (including phenoxy) is 2. The van der Waals surface area contributed by atoms with Crippen molar-refractivity contribution in [1.29, 1.82) is 0 Å². The number of aliphatic hydroxyl groups excluding tert-OH is 1. The molecule has 26 heavy (non-hydrogen) atoms. The van der Waals surface area contributed by atoms with Gasteiger partial charge in [0.05, 0.1) is 6.61 Å². The molecule has 13 nitrogen and oxygen atoms in total. The van der Waals surface area contributed by atoms with Gasteiger partial charge in [0.2, 0.25) is 5.95 Å². The van der Waals surface area contributed by atoms with Gasteiger partial charge in [0.15, 0.2) is 17.4 Å². The van der Waals surface area contributed by atoms with E-state index in [2.05, 4.69) is 19.5 Å². The summed E-state index contributed by atoms with van der Waals surface area (Å²) in [7, 11) is -3.41. The van der Waals surface area contributed by atoms with Crippen molar-refractivity contribution in [2.45, 2.75) is 31.5 Å². The number of nitrogens with two attached hydrogens (primary N) is 1. The summed E-state index contributed by atoms with van der Waals surface area (Å²) >= 11 is 0. The molecule has 0 aliphatic carbocycles. The van der Waals surface area contributed by atoms with Crippen molar-refractivity contribution in [3.63, 3.8) is 0 Å². The van der Waals surface area contributed by atoms with E-state index in [9.17, 15) is 14.5 Å². The third-order valence-corrected chi connectivity index (χ3v) is 4.48. The maximum absolute atomic E-state index is 12.0. The van der Waals surface area contributed by atoms with Crippen molar-refractivity contribution in [2.75, 3.05) is 19.5 Å². The van der Waals surface area contributed by atoms with Crippen molar-refractivity contribution in [1.82, 2.24) is 19.5 Å². The molecule has 6 N–H and O–H groups in total. The van der Waals surface area contributed by atoms with E-state index in [0.717, 1.165) is 0 Å². The lowest BCUT2D eigenvalue weighted by Crippen LogP contribution is -2.35. The van der Waals surface area contributed by atoms with Crippen molar-refractivity contribution >= 4 is 24.9 Å². The number of phosphoric ester groups is 1. The number of nitrogen functional groups attached to an aromatic ring is 1. The van der Waals surface area contributed by atoms with Crippen LogP contribution in [0, 0.1) is 6.92 Å². The number of aryl methyl sites for hydroxylation is 1. The van der Waals surface area contributed by atoms with Crippen LogP contribution in [0.25, 0.3) is 11.2 Å². The van der Waals surface area contributed by atoms with Crippen molar-refractivity contribution in [3.05, 3.63) is 16.2 Å². The van der Waals surface area contributed by atoms with Crippen LogP contribution in [-0.4, -0.2) is 66.4 Å². The summed E-state index contributed by atoms with van der Waals surface area (Å²) in [6.07, 6.45) is -4.25. The van der Waals surface area contributed by atoms with Gasteiger partial charge in [-0.1, -0.05) is 0 Å². The number of fused-ring (bicyclic) bond motifs is 1. The second-order valence-corrected chi connectivity index (χ2v) is 6.93. The molecule has 0 spiro atoms. The quantitative estimate of drug-likeness (QED) is 0.368. The zero-order valence-corrected chi connectivity index (χ0v) is 14.7. The molecular weight excluding hydrogens is 373 g/mol. The summed E-state index contributed by atoms with van der Waals surface area (Å²) in [4.78, 5) is 40.2. The lowest BCUT2D eigenvalue weighted by Gasteiger charge is -2.21. The molecule has 0 radical (unpaired) electrons. The molecular formula is C12H18N5O8P. The number of nitrogens with one attached hydrogen (secondary N) is 1. The maximum atomic E-state index is 12.0. The number of rotatable bonds is 5. The minimum atomic E-state index is -4.74. The minimum Gasteiger partial charge on any atom is -0.387 e. The fourth-order valence-electron chi connectivity index (χ4n) is 2.90. The Morgan fingerprint density at radius 2 is 2.12 bits per heavy atom. The molecule has 3 heterocycles. The smallest absolute Gasteiger partial charge is 0.387 e. The maximum Gasteiger partial charge on any atom is 0.469 e. The molecule has 0 bridgehead atoms. The standard InChI is InChI=1S/C12H18N5O8P/c1-4-14-6-9(15-12(13)16-10(6)19)17(4)11-8(23-2)7(18)5(25-11)3-24-26(20,21)22/h5,7-8,11,18H,3H2,1-2H3,(H2,20,21,22)(H3,13,15,16,19)/t5-,7-,8-,11-/m1/s1. The van der Waals surface area contributed by atoms with Crippen LogP contribution in [-0.2, 0) is 18.6 Å². The average molecular weight is 391 g/mol. The van der Waals surface area contributed by atoms with Crippen molar-refractivity contribution in [3.8, 4) is 0 Å². The fraction of sp³-hybridized carbons (Fsp3) is 0.583. The van der Waals surface area contributed by atoms with Gasteiger partial charge in [0.25, 0.3) is 5.56 Å². The van der Waals surface area contributed by atoms with Crippen LogP contribution < -0.4 is 11.3 Å². The van der Waals surface area contributed by atoms with Crippen molar-refractivity contribution < 1.29 is 33.5 Å². The van der Waals surface area contributed by atoms with Crippen LogP contribution in [0.1, 0.15) is 12.1 Å². The number of hydrogen-bond acceptors (Lipinski definition) is 9. The Balaban J connectivity index is 2.00.